The van der Waals surface area contributed by atoms with Gasteiger partial charge in [-0.1, -0.05) is 18.1 Å². The van der Waals surface area contributed by atoms with Gasteiger partial charge < -0.3 is 9.64 Å². The number of methoxy groups -OCH3 is 1. The molecule has 1 saturated heterocycles. The number of ether oxygens (including phenoxy) is 1. The number of hydrogen-bond acceptors (Lipinski definition) is 3. The van der Waals surface area contributed by atoms with E-state index in [-0.39, 0.29) is 18.3 Å². The molecule has 0 spiro atoms. The zero-order valence-corrected chi connectivity index (χ0v) is 10.1. The van der Waals surface area contributed by atoms with Gasteiger partial charge in [-0.15, -0.1) is 6.42 Å². The van der Waals surface area contributed by atoms with Crippen LogP contribution in [0.15, 0.2) is 24.3 Å². The zero-order chi connectivity index (χ0) is 13.1. The Kier molecular flexibility index (Phi) is 3.33. The molecule has 0 saturated carbocycles. The first kappa shape index (κ1) is 12.2. The second-order valence-electron chi connectivity index (χ2n) is 4.09. The average molecular weight is 243 g/mol. The Morgan fingerprint density at radius 2 is 2.22 bits per heavy atom. The van der Waals surface area contributed by atoms with E-state index in [4.69, 9.17) is 6.42 Å². The van der Waals surface area contributed by atoms with Crippen LogP contribution < -0.4 is 4.90 Å². The Morgan fingerprint density at radius 3 is 2.89 bits per heavy atom. The lowest BCUT2D eigenvalue weighted by Gasteiger charge is -2.17. The van der Waals surface area contributed by atoms with Crippen LogP contribution in [0.2, 0.25) is 0 Å². The molecule has 18 heavy (non-hydrogen) atoms. The fraction of sp³-hybridized carbons (Fsp3) is 0.286. The van der Waals surface area contributed by atoms with Gasteiger partial charge in [-0.3, -0.25) is 9.59 Å². The highest BCUT2D eigenvalue weighted by molar-refractivity contribution is 6.00. The SMILES string of the molecule is C#Cc1ccccc1N1CC(C(=O)OC)CC1=O. The van der Waals surface area contributed by atoms with E-state index >= 15 is 0 Å². The van der Waals surface area contributed by atoms with Crippen molar-refractivity contribution in [1.29, 1.82) is 0 Å². The summed E-state index contributed by atoms with van der Waals surface area (Å²) in [6.45, 7) is 0.324. The van der Waals surface area contributed by atoms with Gasteiger partial charge in [-0.05, 0) is 12.1 Å². The lowest BCUT2D eigenvalue weighted by Crippen LogP contribution is -2.26. The largest absolute Gasteiger partial charge is 0.469 e. The van der Waals surface area contributed by atoms with Gasteiger partial charge in [-0.25, -0.2) is 0 Å². The molecular formula is C14H13NO3. The van der Waals surface area contributed by atoms with Crippen molar-refractivity contribution in [2.75, 3.05) is 18.6 Å². The maximum absolute atomic E-state index is 11.9. The van der Waals surface area contributed by atoms with Crippen LogP contribution in [0, 0.1) is 18.3 Å². The number of esters is 1. The predicted molar refractivity (Wildman–Crippen MR) is 66.9 cm³/mol. The third-order valence-electron chi connectivity index (χ3n) is 3.01. The highest BCUT2D eigenvalue weighted by atomic mass is 16.5. The third-order valence-corrected chi connectivity index (χ3v) is 3.01. The molecule has 92 valence electrons. The molecule has 2 rings (SSSR count). The Morgan fingerprint density at radius 1 is 1.50 bits per heavy atom. The maximum Gasteiger partial charge on any atom is 0.311 e. The van der Waals surface area contributed by atoms with Gasteiger partial charge in [0, 0.05) is 18.5 Å². The smallest absolute Gasteiger partial charge is 0.311 e. The van der Waals surface area contributed by atoms with Crippen LogP contribution in [0.1, 0.15) is 12.0 Å². The molecule has 1 aliphatic rings. The third kappa shape index (κ3) is 2.07. The molecule has 4 heteroatoms. The monoisotopic (exact) mass is 243 g/mol. The second kappa shape index (κ2) is 4.92. The molecule has 1 atom stereocenters. The molecule has 1 aliphatic heterocycles. The average Bonchev–Trinajstić information content (AvgIpc) is 2.79. The highest BCUT2D eigenvalue weighted by Gasteiger charge is 2.36. The van der Waals surface area contributed by atoms with Crippen LogP contribution in [0.5, 0.6) is 0 Å². The summed E-state index contributed by atoms with van der Waals surface area (Å²) in [6.07, 6.45) is 5.58. The molecule has 1 aromatic rings. The number of para-hydroxylation sites is 1. The summed E-state index contributed by atoms with van der Waals surface area (Å²) in [5, 5.41) is 0. The fourth-order valence-electron chi connectivity index (χ4n) is 2.10. The van der Waals surface area contributed by atoms with Crippen LogP contribution >= 0.6 is 0 Å². The topological polar surface area (TPSA) is 46.6 Å². The first-order valence-electron chi connectivity index (χ1n) is 5.61. The molecule has 4 nitrogen and oxygen atoms in total. The van der Waals surface area contributed by atoms with E-state index < -0.39 is 5.92 Å². The number of benzene rings is 1. The molecule has 0 aliphatic carbocycles. The lowest BCUT2D eigenvalue weighted by molar-refractivity contribution is -0.145. The number of rotatable bonds is 2. The Balaban J connectivity index is 2.28. The van der Waals surface area contributed by atoms with Gasteiger partial charge >= 0.3 is 5.97 Å². The number of hydrogen-bond donors (Lipinski definition) is 0. The Bertz CT molecular complexity index is 530. The minimum Gasteiger partial charge on any atom is -0.469 e. The molecular weight excluding hydrogens is 230 g/mol. The number of terminal acetylenes is 1. The predicted octanol–water partition coefficient (Wildman–Crippen LogP) is 1.19. The summed E-state index contributed by atoms with van der Waals surface area (Å²) in [6, 6.07) is 7.19. The van der Waals surface area contributed by atoms with Crippen molar-refractivity contribution in [3.05, 3.63) is 29.8 Å². The molecule has 1 fully saturated rings. The number of nitrogens with zero attached hydrogens (tertiary/aromatic N) is 1. The molecule has 0 aromatic heterocycles. The van der Waals surface area contributed by atoms with Crippen molar-refractivity contribution in [3.63, 3.8) is 0 Å². The molecule has 0 radical (unpaired) electrons. The Labute approximate surface area is 106 Å². The Hall–Kier alpha value is -2.28. The highest BCUT2D eigenvalue weighted by Crippen LogP contribution is 2.28. The molecule has 0 N–H and O–H groups in total. The van der Waals surface area contributed by atoms with Gasteiger partial charge in [0.2, 0.25) is 5.91 Å². The molecule has 1 unspecified atom stereocenters. The first-order valence-corrected chi connectivity index (χ1v) is 5.61. The van der Waals surface area contributed by atoms with Crippen LogP contribution in [-0.2, 0) is 14.3 Å². The molecule has 1 heterocycles. The van der Waals surface area contributed by atoms with Crippen LogP contribution in [0.3, 0.4) is 0 Å². The summed E-state index contributed by atoms with van der Waals surface area (Å²) >= 11 is 0. The summed E-state index contributed by atoms with van der Waals surface area (Å²) in [7, 11) is 1.32. The van der Waals surface area contributed by atoms with Gasteiger partial charge in [0.05, 0.1) is 18.7 Å². The van der Waals surface area contributed by atoms with Crippen molar-refractivity contribution in [3.8, 4) is 12.3 Å². The van der Waals surface area contributed by atoms with Gasteiger partial charge in [0.25, 0.3) is 0 Å². The molecule has 0 bridgehead atoms. The zero-order valence-electron chi connectivity index (χ0n) is 10.1. The second-order valence-corrected chi connectivity index (χ2v) is 4.09. The van der Waals surface area contributed by atoms with E-state index in [0.717, 1.165) is 0 Å². The molecule has 1 amide bonds. The van der Waals surface area contributed by atoms with E-state index in [1.807, 2.05) is 12.1 Å². The minimum atomic E-state index is -0.409. The van der Waals surface area contributed by atoms with E-state index in [9.17, 15) is 9.59 Å². The van der Waals surface area contributed by atoms with Crippen molar-refractivity contribution in [2.24, 2.45) is 5.92 Å². The van der Waals surface area contributed by atoms with Crippen molar-refractivity contribution >= 4 is 17.6 Å². The van der Waals surface area contributed by atoms with Gasteiger partial charge in [-0.2, -0.15) is 0 Å². The van der Waals surface area contributed by atoms with Crippen molar-refractivity contribution in [2.45, 2.75) is 6.42 Å². The number of amides is 1. The van der Waals surface area contributed by atoms with Crippen molar-refractivity contribution < 1.29 is 14.3 Å². The van der Waals surface area contributed by atoms with Gasteiger partial charge in [0.15, 0.2) is 0 Å². The lowest BCUT2D eigenvalue weighted by atomic mass is 10.1. The summed E-state index contributed by atoms with van der Waals surface area (Å²) in [4.78, 5) is 24.9. The normalized spacial score (nSPS) is 18.6. The van der Waals surface area contributed by atoms with Crippen LogP contribution in [-0.4, -0.2) is 25.5 Å². The number of carbonyl (C=O) groups excluding carboxylic acids is 2. The summed E-state index contributed by atoms with van der Waals surface area (Å²) in [5.41, 5.74) is 1.33. The van der Waals surface area contributed by atoms with Crippen LogP contribution in [0.25, 0.3) is 0 Å². The molecule has 1 aromatic carbocycles. The van der Waals surface area contributed by atoms with Crippen molar-refractivity contribution in [1.82, 2.24) is 0 Å². The number of anilines is 1. The fourth-order valence-corrected chi connectivity index (χ4v) is 2.10. The van der Waals surface area contributed by atoms with E-state index in [0.29, 0.717) is 17.8 Å². The quantitative estimate of drug-likeness (QED) is 0.579. The van der Waals surface area contributed by atoms with E-state index in [2.05, 4.69) is 10.7 Å². The summed E-state index contributed by atoms with van der Waals surface area (Å²) < 4.78 is 4.67. The standard InChI is InChI=1S/C14H13NO3/c1-3-10-6-4-5-7-12(10)15-9-11(8-13(15)16)14(17)18-2/h1,4-7,11H,8-9H2,2H3. The first-order chi connectivity index (χ1) is 8.67. The number of carbonyl (C=O) groups is 2. The summed E-state index contributed by atoms with van der Waals surface area (Å²) in [5.74, 6) is 1.67. The van der Waals surface area contributed by atoms with E-state index in [1.165, 1.54) is 7.11 Å². The maximum atomic E-state index is 11.9. The van der Waals surface area contributed by atoms with Gasteiger partial charge in [0.1, 0.15) is 0 Å². The van der Waals surface area contributed by atoms with Crippen LogP contribution in [0.4, 0.5) is 5.69 Å². The minimum absolute atomic E-state index is 0.104. The van der Waals surface area contributed by atoms with E-state index in [1.54, 1.807) is 17.0 Å².